The fourth-order valence-corrected chi connectivity index (χ4v) is 3.33. The molecule has 1 aliphatic rings. The fourth-order valence-electron chi connectivity index (χ4n) is 3.33. The highest BCUT2D eigenvalue weighted by Crippen LogP contribution is 2.24. The van der Waals surface area contributed by atoms with Gasteiger partial charge in [0.25, 0.3) is 0 Å². The van der Waals surface area contributed by atoms with Crippen LogP contribution in [0.5, 0.6) is 5.75 Å². The summed E-state index contributed by atoms with van der Waals surface area (Å²) in [7, 11) is 0. The third kappa shape index (κ3) is 5.12. The first kappa shape index (κ1) is 19.0. The second-order valence-corrected chi connectivity index (χ2v) is 6.88. The van der Waals surface area contributed by atoms with E-state index in [9.17, 15) is 4.79 Å². The molecule has 2 atom stereocenters. The van der Waals surface area contributed by atoms with Crippen LogP contribution in [-0.2, 0) is 4.79 Å². The Morgan fingerprint density at radius 3 is 2.78 bits per heavy atom. The number of anilines is 2. The first-order valence-corrected chi connectivity index (χ1v) is 9.54. The molecule has 0 saturated carbocycles. The standard InChI is InChI=1S/C21H28N4O2/c1-4-22-20-6-5-7-21(24-20)25-13-12-19(14-25)27-18-10-8-17(9-11-18)15(2)23-16(3)26/h5-11,15,19H,4,12-14H2,1-3H3,(H,22,24)(H,23,26)/t15-,19+/m0/s1. The monoisotopic (exact) mass is 368 g/mol. The second kappa shape index (κ2) is 8.75. The summed E-state index contributed by atoms with van der Waals surface area (Å²) in [6, 6.07) is 14.0. The Kier molecular flexibility index (Phi) is 6.16. The van der Waals surface area contributed by atoms with Crippen molar-refractivity contribution in [2.24, 2.45) is 0 Å². The van der Waals surface area contributed by atoms with Crippen LogP contribution in [0.15, 0.2) is 42.5 Å². The molecular formula is C21H28N4O2. The normalized spacial score (nSPS) is 17.4. The predicted octanol–water partition coefficient (Wildman–Crippen LogP) is 3.37. The molecule has 2 aromatic rings. The van der Waals surface area contributed by atoms with E-state index in [1.807, 2.05) is 49.4 Å². The highest BCUT2D eigenvalue weighted by Gasteiger charge is 2.25. The summed E-state index contributed by atoms with van der Waals surface area (Å²) in [6.45, 7) is 8.19. The molecule has 27 heavy (non-hydrogen) atoms. The number of benzene rings is 1. The maximum Gasteiger partial charge on any atom is 0.217 e. The smallest absolute Gasteiger partial charge is 0.217 e. The number of aromatic nitrogens is 1. The van der Waals surface area contributed by atoms with Gasteiger partial charge in [0.05, 0.1) is 12.6 Å². The molecule has 1 saturated heterocycles. The number of carbonyl (C=O) groups is 1. The average molecular weight is 368 g/mol. The van der Waals surface area contributed by atoms with Crippen molar-refractivity contribution in [2.75, 3.05) is 29.9 Å². The average Bonchev–Trinajstić information content (AvgIpc) is 3.11. The van der Waals surface area contributed by atoms with Crippen LogP contribution in [0.4, 0.5) is 11.6 Å². The summed E-state index contributed by atoms with van der Waals surface area (Å²) in [5.41, 5.74) is 1.06. The van der Waals surface area contributed by atoms with Gasteiger partial charge >= 0.3 is 0 Å². The minimum atomic E-state index is -0.0271. The van der Waals surface area contributed by atoms with E-state index in [1.54, 1.807) is 0 Å². The highest BCUT2D eigenvalue weighted by atomic mass is 16.5. The Morgan fingerprint density at radius 1 is 1.30 bits per heavy atom. The third-order valence-electron chi connectivity index (χ3n) is 4.66. The van der Waals surface area contributed by atoms with Crippen LogP contribution in [0.1, 0.15) is 38.8 Å². The van der Waals surface area contributed by atoms with Gasteiger partial charge in [0.2, 0.25) is 5.91 Å². The van der Waals surface area contributed by atoms with Crippen LogP contribution in [-0.4, -0.2) is 36.6 Å². The van der Waals surface area contributed by atoms with Crippen LogP contribution in [0.2, 0.25) is 0 Å². The molecule has 2 heterocycles. The van der Waals surface area contributed by atoms with Gasteiger partial charge in [-0.2, -0.15) is 0 Å². The van der Waals surface area contributed by atoms with Gasteiger partial charge in [-0.1, -0.05) is 18.2 Å². The molecule has 0 spiro atoms. The molecular weight excluding hydrogens is 340 g/mol. The van der Waals surface area contributed by atoms with Gasteiger partial charge in [0, 0.05) is 26.4 Å². The zero-order valence-electron chi connectivity index (χ0n) is 16.2. The maximum absolute atomic E-state index is 11.2. The Bertz CT molecular complexity index is 763. The number of nitrogens with one attached hydrogen (secondary N) is 2. The third-order valence-corrected chi connectivity index (χ3v) is 4.66. The summed E-state index contributed by atoms with van der Waals surface area (Å²) in [5, 5.41) is 6.14. The van der Waals surface area contributed by atoms with Crippen molar-refractivity contribution < 1.29 is 9.53 Å². The molecule has 6 nitrogen and oxygen atoms in total. The minimum absolute atomic E-state index is 0.00592. The lowest BCUT2D eigenvalue weighted by Crippen LogP contribution is -2.25. The van der Waals surface area contributed by atoms with Gasteiger partial charge in [0.15, 0.2) is 0 Å². The molecule has 6 heteroatoms. The van der Waals surface area contributed by atoms with Gasteiger partial charge in [0.1, 0.15) is 23.5 Å². The van der Waals surface area contributed by atoms with Crippen LogP contribution >= 0.6 is 0 Å². The van der Waals surface area contributed by atoms with Gasteiger partial charge < -0.3 is 20.3 Å². The number of carbonyl (C=O) groups excluding carboxylic acids is 1. The first-order valence-electron chi connectivity index (χ1n) is 9.54. The Hall–Kier alpha value is -2.76. The molecule has 1 aromatic carbocycles. The molecule has 0 bridgehead atoms. The highest BCUT2D eigenvalue weighted by molar-refractivity contribution is 5.73. The van der Waals surface area contributed by atoms with Gasteiger partial charge in [-0.25, -0.2) is 4.98 Å². The summed E-state index contributed by atoms with van der Waals surface area (Å²) >= 11 is 0. The van der Waals surface area contributed by atoms with Crippen LogP contribution in [0, 0.1) is 0 Å². The zero-order valence-corrected chi connectivity index (χ0v) is 16.2. The van der Waals surface area contributed by atoms with E-state index in [0.29, 0.717) is 0 Å². The number of amides is 1. The number of ether oxygens (including phenoxy) is 1. The number of hydrogen-bond acceptors (Lipinski definition) is 5. The Morgan fingerprint density at radius 2 is 2.07 bits per heavy atom. The predicted molar refractivity (Wildman–Crippen MR) is 108 cm³/mol. The summed E-state index contributed by atoms with van der Waals surface area (Å²) in [6.07, 6.45) is 1.12. The SMILES string of the molecule is CCNc1cccc(N2CC[C@@H](Oc3ccc([C@H](C)NC(C)=O)cc3)C2)n1. The molecule has 0 aliphatic carbocycles. The lowest BCUT2D eigenvalue weighted by Gasteiger charge is -2.19. The fraction of sp³-hybridized carbons (Fsp3) is 0.429. The number of nitrogens with zero attached hydrogens (tertiary/aromatic N) is 2. The zero-order chi connectivity index (χ0) is 19.2. The van der Waals surface area contributed by atoms with Crippen molar-refractivity contribution in [3.63, 3.8) is 0 Å². The van der Waals surface area contributed by atoms with E-state index in [2.05, 4.69) is 27.4 Å². The summed E-state index contributed by atoms with van der Waals surface area (Å²) in [5.74, 6) is 2.72. The molecule has 1 aliphatic heterocycles. The van der Waals surface area contributed by atoms with Crippen LogP contribution in [0.25, 0.3) is 0 Å². The second-order valence-electron chi connectivity index (χ2n) is 6.88. The largest absolute Gasteiger partial charge is 0.489 e. The van der Waals surface area contributed by atoms with Crippen molar-refractivity contribution in [2.45, 2.75) is 39.3 Å². The van der Waals surface area contributed by atoms with E-state index in [-0.39, 0.29) is 18.1 Å². The molecule has 1 aromatic heterocycles. The van der Waals surface area contributed by atoms with E-state index < -0.39 is 0 Å². The Balaban J connectivity index is 1.56. The van der Waals surface area contributed by atoms with Crippen molar-refractivity contribution in [1.82, 2.24) is 10.3 Å². The van der Waals surface area contributed by atoms with E-state index >= 15 is 0 Å². The van der Waals surface area contributed by atoms with Crippen molar-refractivity contribution in [1.29, 1.82) is 0 Å². The van der Waals surface area contributed by atoms with E-state index in [4.69, 9.17) is 4.74 Å². The lowest BCUT2D eigenvalue weighted by molar-refractivity contribution is -0.119. The molecule has 0 unspecified atom stereocenters. The number of pyridine rings is 1. The van der Waals surface area contributed by atoms with Crippen molar-refractivity contribution in [3.05, 3.63) is 48.0 Å². The molecule has 1 amide bonds. The quantitative estimate of drug-likeness (QED) is 0.784. The molecule has 3 rings (SSSR count). The van der Waals surface area contributed by atoms with Crippen molar-refractivity contribution >= 4 is 17.5 Å². The number of hydrogen-bond donors (Lipinski definition) is 2. The number of rotatable bonds is 7. The maximum atomic E-state index is 11.2. The first-order chi connectivity index (χ1) is 13.0. The lowest BCUT2D eigenvalue weighted by atomic mass is 10.1. The van der Waals surface area contributed by atoms with Gasteiger partial charge in [-0.05, 0) is 43.7 Å². The Labute approximate surface area is 160 Å². The summed E-state index contributed by atoms with van der Waals surface area (Å²) < 4.78 is 6.15. The van der Waals surface area contributed by atoms with Crippen LogP contribution in [0.3, 0.4) is 0 Å². The van der Waals surface area contributed by atoms with E-state index in [1.165, 1.54) is 6.92 Å². The van der Waals surface area contributed by atoms with Gasteiger partial charge in [-0.3, -0.25) is 4.79 Å². The molecule has 2 N–H and O–H groups in total. The van der Waals surface area contributed by atoms with Crippen molar-refractivity contribution in [3.8, 4) is 5.75 Å². The molecule has 144 valence electrons. The summed E-state index contributed by atoms with van der Waals surface area (Å²) in [4.78, 5) is 18.1. The molecule has 0 radical (unpaired) electrons. The van der Waals surface area contributed by atoms with E-state index in [0.717, 1.165) is 49.0 Å². The van der Waals surface area contributed by atoms with Crippen LogP contribution < -0.4 is 20.3 Å². The topological polar surface area (TPSA) is 66.5 Å². The van der Waals surface area contributed by atoms with Gasteiger partial charge in [-0.15, -0.1) is 0 Å². The molecule has 1 fully saturated rings. The minimum Gasteiger partial charge on any atom is -0.489 e.